The van der Waals surface area contributed by atoms with E-state index in [0.29, 0.717) is 0 Å². The maximum absolute atomic E-state index is 11.4. The number of hydrogen-bond donors (Lipinski definition) is 4. The summed E-state index contributed by atoms with van der Waals surface area (Å²) in [5, 5.41) is 22.9. The average Bonchev–Trinajstić information content (AvgIpc) is 2.33. The van der Waals surface area contributed by atoms with E-state index in [0.717, 1.165) is 0 Å². The van der Waals surface area contributed by atoms with Crippen LogP contribution in [0.3, 0.4) is 0 Å². The SMILES string of the molecule is CC(C)(CO)CNC(=O)C(=O)NCC(C)(C)CO. The molecule has 6 nitrogen and oxygen atoms in total. The van der Waals surface area contributed by atoms with Crippen LogP contribution in [0.5, 0.6) is 0 Å². The van der Waals surface area contributed by atoms with Gasteiger partial charge in [0.1, 0.15) is 0 Å². The lowest BCUT2D eigenvalue weighted by Gasteiger charge is -2.23. The summed E-state index contributed by atoms with van der Waals surface area (Å²) in [4.78, 5) is 22.9. The van der Waals surface area contributed by atoms with E-state index < -0.39 is 22.6 Å². The van der Waals surface area contributed by atoms with Gasteiger partial charge in [-0.1, -0.05) is 27.7 Å². The maximum atomic E-state index is 11.4. The van der Waals surface area contributed by atoms with Crippen molar-refractivity contribution in [3.63, 3.8) is 0 Å². The molecule has 6 heteroatoms. The molecule has 0 aromatic carbocycles. The fraction of sp³-hybridized carbons (Fsp3) is 0.833. The van der Waals surface area contributed by atoms with E-state index in [1.165, 1.54) is 0 Å². The largest absolute Gasteiger partial charge is 0.396 e. The lowest BCUT2D eigenvalue weighted by atomic mass is 9.94. The number of nitrogens with one attached hydrogen (secondary N) is 2. The van der Waals surface area contributed by atoms with Crippen LogP contribution in [0.2, 0.25) is 0 Å². The zero-order valence-electron chi connectivity index (χ0n) is 11.5. The molecule has 0 aliphatic heterocycles. The first-order valence-corrected chi connectivity index (χ1v) is 5.91. The number of aliphatic hydroxyl groups excluding tert-OH is 2. The van der Waals surface area contributed by atoms with Crippen LogP contribution in [-0.4, -0.2) is 48.3 Å². The van der Waals surface area contributed by atoms with Gasteiger partial charge in [0.2, 0.25) is 0 Å². The van der Waals surface area contributed by atoms with Crippen molar-refractivity contribution in [3.05, 3.63) is 0 Å². The Morgan fingerprint density at radius 1 is 0.833 bits per heavy atom. The lowest BCUT2D eigenvalue weighted by Crippen LogP contribution is -2.46. The predicted octanol–water partition coefficient (Wildman–Crippen LogP) is -0.744. The summed E-state index contributed by atoms with van der Waals surface area (Å²) in [6.07, 6.45) is 0. The summed E-state index contributed by atoms with van der Waals surface area (Å²) < 4.78 is 0. The average molecular weight is 260 g/mol. The molecule has 0 fully saturated rings. The molecule has 0 aliphatic carbocycles. The van der Waals surface area contributed by atoms with Crippen LogP contribution in [-0.2, 0) is 9.59 Å². The first-order valence-electron chi connectivity index (χ1n) is 5.91. The Morgan fingerprint density at radius 2 is 1.11 bits per heavy atom. The Bertz CT molecular complexity index is 270. The minimum atomic E-state index is -0.731. The molecule has 4 N–H and O–H groups in total. The van der Waals surface area contributed by atoms with Crippen LogP contribution in [0.4, 0.5) is 0 Å². The first kappa shape index (κ1) is 16.9. The molecular weight excluding hydrogens is 236 g/mol. The Hall–Kier alpha value is -1.14. The van der Waals surface area contributed by atoms with Crippen LogP contribution < -0.4 is 10.6 Å². The Labute approximate surface area is 108 Å². The van der Waals surface area contributed by atoms with Crippen molar-refractivity contribution in [2.45, 2.75) is 27.7 Å². The molecule has 0 bridgehead atoms. The highest BCUT2D eigenvalue weighted by molar-refractivity contribution is 6.35. The summed E-state index contributed by atoms with van der Waals surface area (Å²) in [7, 11) is 0. The van der Waals surface area contributed by atoms with Crippen molar-refractivity contribution in [2.75, 3.05) is 26.3 Å². The quantitative estimate of drug-likeness (QED) is 0.473. The minimum Gasteiger partial charge on any atom is -0.396 e. The number of hydrogen-bond acceptors (Lipinski definition) is 4. The molecule has 0 aliphatic rings. The maximum Gasteiger partial charge on any atom is 0.309 e. The van der Waals surface area contributed by atoms with Crippen LogP contribution in [0, 0.1) is 10.8 Å². The topological polar surface area (TPSA) is 98.7 Å². The number of amides is 2. The molecule has 0 saturated heterocycles. The van der Waals surface area contributed by atoms with E-state index in [4.69, 9.17) is 10.2 Å². The van der Waals surface area contributed by atoms with Gasteiger partial charge in [0.15, 0.2) is 0 Å². The van der Waals surface area contributed by atoms with Crippen molar-refractivity contribution >= 4 is 11.8 Å². The van der Waals surface area contributed by atoms with Gasteiger partial charge in [0.05, 0.1) is 0 Å². The molecule has 0 rings (SSSR count). The molecule has 0 saturated carbocycles. The zero-order chi connectivity index (χ0) is 14.4. The number of carbonyl (C=O) groups is 2. The van der Waals surface area contributed by atoms with Crippen LogP contribution in [0.1, 0.15) is 27.7 Å². The van der Waals surface area contributed by atoms with Crippen LogP contribution >= 0.6 is 0 Å². The normalized spacial score (nSPS) is 12.1. The fourth-order valence-corrected chi connectivity index (χ4v) is 0.911. The third-order valence-electron chi connectivity index (χ3n) is 2.52. The molecule has 0 atom stereocenters. The Kier molecular flexibility index (Phi) is 6.28. The lowest BCUT2D eigenvalue weighted by molar-refractivity contribution is -0.139. The molecule has 0 aromatic rings. The molecule has 18 heavy (non-hydrogen) atoms. The first-order chi connectivity index (χ1) is 8.13. The third kappa shape index (κ3) is 6.56. The molecule has 106 valence electrons. The van der Waals surface area contributed by atoms with Gasteiger partial charge in [-0.2, -0.15) is 0 Å². The van der Waals surface area contributed by atoms with E-state index in [-0.39, 0.29) is 26.3 Å². The fourth-order valence-electron chi connectivity index (χ4n) is 0.911. The summed E-state index contributed by atoms with van der Waals surface area (Å²) >= 11 is 0. The van der Waals surface area contributed by atoms with Crippen molar-refractivity contribution in [3.8, 4) is 0 Å². The second-order valence-corrected chi connectivity index (χ2v) is 6.01. The van der Waals surface area contributed by atoms with E-state index >= 15 is 0 Å². The van der Waals surface area contributed by atoms with Gasteiger partial charge in [0, 0.05) is 37.1 Å². The Balaban J connectivity index is 4.09. The predicted molar refractivity (Wildman–Crippen MR) is 67.8 cm³/mol. The zero-order valence-corrected chi connectivity index (χ0v) is 11.5. The van der Waals surface area contributed by atoms with E-state index in [1.54, 1.807) is 27.7 Å². The smallest absolute Gasteiger partial charge is 0.309 e. The summed E-state index contributed by atoms with van der Waals surface area (Å²) in [6, 6.07) is 0. The van der Waals surface area contributed by atoms with Gasteiger partial charge < -0.3 is 20.8 Å². The van der Waals surface area contributed by atoms with Crippen molar-refractivity contribution in [1.82, 2.24) is 10.6 Å². The van der Waals surface area contributed by atoms with E-state index in [2.05, 4.69) is 10.6 Å². The van der Waals surface area contributed by atoms with Gasteiger partial charge in [-0.3, -0.25) is 9.59 Å². The summed E-state index contributed by atoms with van der Waals surface area (Å²) in [5.74, 6) is -1.46. The Morgan fingerprint density at radius 3 is 1.33 bits per heavy atom. The second-order valence-electron chi connectivity index (χ2n) is 6.01. The van der Waals surface area contributed by atoms with Gasteiger partial charge in [-0.15, -0.1) is 0 Å². The molecule has 0 spiro atoms. The van der Waals surface area contributed by atoms with Crippen LogP contribution in [0.25, 0.3) is 0 Å². The van der Waals surface area contributed by atoms with Gasteiger partial charge in [-0.25, -0.2) is 0 Å². The number of rotatable bonds is 6. The summed E-state index contributed by atoms with van der Waals surface area (Å²) in [5.41, 5.74) is -0.916. The monoisotopic (exact) mass is 260 g/mol. The molecule has 0 heterocycles. The number of carbonyl (C=O) groups excluding carboxylic acids is 2. The number of aliphatic hydroxyl groups is 2. The van der Waals surface area contributed by atoms with Crippen LogP contribution in [0.15, 0.2) is 0 Å². The van der Waals surface area contributed by atoms with Gasteiger partial charge in [0.25, 0.3) is 0 Å². The van der Waals surface area contributed by atoms with E-state index in [1.807, 2.05) is 0 Å². The highest BCUT2D eigenvalue weighted by Gasteiger charge is 2.22. The molecule has 2 amide bonds. The summed E-state index contributed by atoms with van der Waals surface area (Å²) in [6.45, 7) is 7.40. The second kappa shape index (κ2) is 6.70. The highest BCUT2D eigenvalue weighted by Crippen LogP contribution is 2.12. The highest BCUT2D eigenvalue weighted by atomic mass is 16.3. The van der Waals surface area contributed by atoms with Crippen molar-refractivity contribution in [1.29, 1.82) is 0 Å². The molecule has 0 unspecified atom stereocenters. The standard InChI is InChI=1S/C12H24N2O4/c1-11(2,7-15)5-13-9(17)10(18)14-6-12(3,4)8-16/h15-16H,5-8H2,1-4H3,(H,13,17)(H,14,18). The molecule has 0 radical (unpaired) electrons. The molecular formula is C12H24N2O4. The van der Waals surface area contributed by atoms with Gasteiger partial charge >= 0.3 is 11.8 Å². The van der Waals surface area contributed by atoms with Gasteiger partial charge in [-0.05, 0) is 0 Å². The van der Waals surface area contributed by atoms with E-state index in [9.17, 15) is 9.59 Å². The van der Waals surface area contributed by atoms with Crippen molar-refractivity contribution in [2.24, 2.45) is 10.8 Å². The van der Waals surface area contributed by atoms with Crippen molar-refractivity contribution < 1.29 is 19.8 Å². The third-order valence-corrected chi connectivity index (χ3v) is 2.52. The molecule has 0 aromatic heterocycles. The minimum absolute atomic E-state index is 0.0769.